The molecule has 0 unspecified atom stereocenters. The molecule has 166 valence electrons. The standard InChI is InChI=1S/C12H14N2O4S.C8H14O3/c1-2-3-9-8-12(15)14(13-9)10-4-6-11(7-5-10)19(16,17)18;1-3-5-7(9)6-8(10)11-4-2/h4-7H,2-3,8H2,1H3,(H,16,17,18);3-6H2,1-2H3. The molecule has 1 heterocycles. The molecule has 0 radical (unpaired) electrons. The van der Waals surface area contributed by atoms with Crippen molar-refractivity contribution >= 4 is 39.2 Å². The number of hydrazone groups is 1. The van der Waals surface area contributed by atoms with Gasteiger partial charge in [-0.05, 0) is 44.0 Å². The van der Waals surface area contributed by atoms with Crippen LogP contribution in [0.5, 0.6) is 0 Å². The Morgan fingerprint density at radius 3 is 2.27 bits per heavy atom. The fourth-order valence-electron chi connectivity index (χ4n) is 2.61. The largest absolute Gasteiger partial charge is 0.466 e. The average Bonchev–Trinajstić information content (AvgIpc) is 3.02. The monoisotopic (exact) mass is 440 g/mol. The first-order valence-corrected chi connectivity index (χ1v) is 11.2. The number of anilines is 1. The van der Waals surface area contributed by atoms with Crippen molar-refractivity contribution in [1.29, 1.82) is 0 Å². The number of Topliss-reactive ketones (excluding diaryl/α,β-unsaturated/α-hetero) is 1. The van der Waals surface area contributed by atoms with Gasteiger partial charge in [0, 0.05) is 12.1 Å². The summed E-state index contributed by atoms with van der Waals surface area (Å²) in [5, 5.41) is 5.47. The van der Waals surface area contributed by atoms with Crippen LogP contribution in [-0.4, -0.2) is 42.9 Å². The van der Waals surface area contributed by atoms with Gasteiger partial charge in [-0.3, -0.25) is 18.9 Å². The maximum absolute atomic E-state index is 11.8. The summed E-state index contributed by atoms with van der Waals surface area (Å²) < 4.78 is 35.3. The number of carbonyl (C=O) groups is 3. The molecule has 1 aromatic rings. The molecule has 30 heavy (non-hydrogen) atoms. The second-order valence-corrected chi connectivity index (χ2v) is 7.96. The maximum Gasteiger partial charge on any atom is 0.313 e. The van der Waals surface area contributed by atoms with Crippen LogP contribution in [0.3, 0.4) is 0 Å². The summed E-state index contributed by atoms with van der Waals surface area (Å²) in [6.07, 6.45) is 3.18. The van der Waals surface area contributed by atoms with Crippen molar-refractivity contribution in [2.75, 3.05) is 11.6 Å². The lowest BCUT2D eigenvalue weighted by Gasteiger charge is -2.11. The number of benzene rings is 1. The van der Waals surface area contributed by atoms with Crippen LogP contribution in [0.15, 0.2) is 34.3 Å². The molecule has 1 amide bonds. The van der Waals surface area contributed by atoms with E-state index in [1.165, 1.54) is 29.3 Å². The molecule has 1 aliphatic rings. The lowest BCUT2D eigenvalue weighted by molar-refractivity contribution is -0.145. The Morgan fingerprint density at radius 2 is 1.77 bits per heavy atom. The Balaban J connectivity index is 0.000000352. The van der Waals surface area contributed by atoms with Crippen molar-refractivity contribution < 1.29 is 32.1 Å². The lowest BCUT2D eigenvalue weighted by atomic mass is 10.2. The van der Waals surface area contributed by atoms with Gasteiger partial charge in [0.1, 0.15) is 12.2 Å². The Kier molecular flexibility index (Phi) is 10.3. The van der Waals surface area contributed by atoms with E-state index in [9.17, 15) is 22.8 Å². The van der Waals surface area contributed by atoms with Gasteiger partial charge in [-0.1, -0.05) is 20.3 Å². The van der Waals surface area contributed by atoms with E-state index in [1.807, 2.05) is 13.8 Å². The van der Waals surface area contributed by atoms with Crippen LogP contribution in [-0.2, 0) is 29.2 Å². The number of hydrogen-bond acceptors (Lipinski definition) is 7. The molecule has 0 saturated carbocycles. The predicted molar refractivity (Wildman–Crippen MR) is 112 cm³/mol. The van der Waals surface area contributed by atoms with E-state index in [2.05, 4.69) is 9.84 Å². The molecule has 0 aliphatic carbocycles. The first-order chi connectivity index (χ1) is 14.1. The molecule has 1 N–H and O–H groups in total. The van der Waals surface area contributed by atoms with Gasteiger partial charge in [0.2, 0.25) is 0 Å². The summed E-state index contributed by atoms with van der Waals surface area (Å²) in [5.41, 5.74) is 1.31. The van der Waals surface area contributed by atoms with Crippen LogP contribution in [0.25, 0.3) is 0 Å². The van der Waals surface area contributed by atoms with E-state index in [0.29, 0.717) is 25.1 Å². The van der Waals surface area contributed by atoms with Crippen molar-refractivity contribution in [2.45, 2.75) is 64.2 Å². The minimum absolute atomic E-state index is 0.0362. The summed E-state index contributed by atoms with van der Waals surface area (Å²) in [6.45, 7) is 5.99. The Bertz CT molecular complexity index is 861. The topological polar surface area (TPSA) is 130 Å². The molecular weight excluding hydrogens is 412 g/mol. The van der Waals surface area contributed by atoms with Gasteiger partial charge in [0.05, 0.1) is 23.6 Å². The number of ether oxygens (including phenoxy) is 1. The van der Waals surface area contributed by atoms with Gasteiger partial charge in [-0.25, -0.2) is 5.01 Å². The van der Waals surface area contributed by atoms with E-state index in [0.717, 1.165) is 25.0 Å². The zero-order chi connectivity index (χ0) is 22.7. The lowest BCUT2D eigenvalue weighted by Crippen LogP contribution is -2.19. The average molecular weight is 441 g/mol. The fourth-order valence-corrected chi connectivity index (χ4v) is 3.09. The number of carbonyl (C=O) groups excluding carboxylic acids is 3. The van der Waals surface area contributed by atoms with Crippen molar-refractivity contribution in [3.63, 3.8) is 0 Å². The van der Waals surface area contributed by atoms with Crippen LogP contribution in [0.4, 0.5) is 5.69 Å². The minimum atomic E-state index is -4.22. The van der Waals surface area contributed by atoms with Crippen LogP contribution in [0.1, 0.15) is 59.3 Å². The molecule has 1 aliphatic heterocycles. The molecule has 9 nitrogen and oxygen atoms in total. The van der Waals surface area contributed by atoms with Gasteiger partial charge < -0.3 is 4.74 Å². The second-order valence-electron chi connectivity index (χ2n) is 6.54. The summed E-state index contributed by atoms with van der Waals surface area (Å²) in [7, 11) is -4.22. The summed E-state index contributed by atoms with van der Waals surface area (Å²) >= 11 is 0. The molecule has 2 rings (SSSR count). The summed E-state index contributed by atoms with van der Waals surface area (Å²) in [5.74, 6) is -0.583. The van der Waals surface area contributed by atoms with Crippen LogP contribution in [0.2, 0.25) is 0 Å². The zero-order valence-corrected chi connectivity index (χ0v) is 18.3. The number of nitrogens with zero attached hydrogens (tertiary/aromatic N) is 2. The van der Waals surface area contributed by atoms with Crippen molar-refractivity contribution in [1.82, 2.24) is 0 Å². The summed E-state index contributed by atoms with van der Waals surface area (Å²) in [4.78, 5) is 33.1. The quantitative estimate of drug-likeness (QED) is 0.354. The van der Waals surface area contributed by atoms with E-state index in [4.69, 9.17) is 4.55 Å². The molecule has 0 spiro atoms. The predicted octanol–water partition coefficient (Wildman–Crippen LogP) is 3.13. The number of hydrogen-bond donors (Lipinski definition) is 1. The smallest absolute Gasteiger partial charge is 0.313 e. The van der Waals surface area contributed by atoms with Crippen LogP contribution < -0.4 is 5.01 Å². The first-order valence-electron chi connectivity index (χ1n) is 9.76. The molecule has 1 aromatic carbocycles. The Labute approximate surface area is 176 Å². The molecule has 0 atom stereocenters. The molecule has 0 fully saturated rings. The van der Waals surface area contributed by atoms with E-state index in [1.54, 1.807) is 6.92 Å². The normalized spacial score (nSPS) is 13.4. The molecule has 0 saturated heterocycles. The Morgan fingerprint density at radius 1 is 1.13 bits per heavy atom. The molecule has 10 heteroatoms. The molecule has 0 aromatic heterocycles. The number of amides is 1. The Hall–Kier alpha value is -2.59. The fraction of sp³-hybridized carbons (Fsp3) is 0.500. The SMILES string of the molecule is CCCC(=O)CC(=O)OCC.CCCC1=NN(c2ccc(S(=O)(=O)O)cc2)C(=O)C1. The third-order valence-corrected chi connectivity index (χ3v) is 4.79. The van der Waals surface area contributed by atoms with Crippen molar-refractivity contribution in [2.24, 2.45) is 5.10 Å². The van der Waals surface area contributed by atoms with Crippen molar-refractivity contribution in [3.05, 3.63) is 24.3 Å². The highest BCUT2D eigenvalue weighted by molar-refractivity contribution is 7.85. The second kappa shape index (κ2) is 12.2. The van der Waals surface area contributed by atoms with Gasteiger partial charge in [0.15, 0.2) is 0 Å². The third-order valence-electron chi connectivity index (χ3n) is 3.93. The maximum atomic E-state index is 11.8. The zero-order valence-electron chi connectivity index (χ0n) is 17.5. The van der Waals surface area contributed by atoms with Gasteiger partial charge in [0.25, 0.3) is 16.0 Å². The minimum Gasteiger partial charge on any atom is -0.466 e. The van der Waals surface area contributed by atoms with E-state index in [-0.39, 0.29) is 23.0 Å². The highest BCUT2D eigenvalue weighted by atomic mass is 32.2. The summed E-state index contributed by atoms with van der Waals surface area (Å²) in [6, 6.07) is 5.37. The van der Waals surface area contributed by atoms with Gasteiger partial charge in [-0.15, -0.1) is 0 Å². The van der Waals surface area contributed by atoms with Crippen LogP contribution >= 0.6 is 0 Å². The van der Waals surface area contributed by atoms with E-state index >= 15 is 0 Å². The molecular formula is C20H28N2O7S. The van der Waals surface area contributed by atoms with Gasteiger partial charge in [-0.2, -0.15) is 13.5 Å². The van der Waals surface area contributed by atoms with Crippen molar-refractivity contribution in [3.8, 4) is 0 Å². The molecule has 0 bridgehead atoms. The third kappa shape index (κ3) is 8.42. The number of ketones is 1. The number of rotatable bonds is 9. The first kappa shape index (κ1) is 25.4. The highest BCUT2D eigenvalue weighted by Crippen LogP contribution is 2.23. The van der Waals surface area contributed by atoms with E-state index < -0.39 is 16.1 Å². The van der Waals surface area contributed by atoms with Gasteiger partial charge >= 0.3 is 5.97 Å². The van der Waals surface area contributed by atoms with Crippen LogP contribution in [0, 0.1) is 0 Å². The highest BCUT2D eigenvalue weighted by Gasteiger charge is 2.24. The number of esters is 1.